The third kappa shape index (κ3) is 16.2. The molecule has 17 heteroatoms. The minimum absolute atomic E-state index is 0.0632. The quantitative estimate of drug-likeness (QED) is 0.0842. The van der Waals surface area contributed by atoms with Gasteiger partial charge in [-0.1, -0.05) is 92.1 Å². The first-order chi connectivity index (χ1) is 32.5. The second-order valence-corrected chi connectivity index (χ2v) is 22.1. The lowest BCUT2D eigenvalue weighted by Crippen LogP contribution is -2.54. The number of carbonyl (C=O) groups is 8. The Hall–Kier alpha value is -4.06. The van der Waals surface area contributed by atoms with Crippen LogP contribution in [0.2, 0.25) is 0 Å². The maximum absolute atomic E-state index is 14.7. The number of ketones is 3. The van der Waals surface area contributed by atoms with Gasteiger partial charge in [-0.25, -0.2) is 0 Å². The molecule has 69 heavy (non-hydrogen) atoms. The molecule has 15 nitrogen and oxygen atoms in total. The molecule has 1 saturated heterocycles. The van der Waals surface area contributed by atoms with Gasteiger partial charge in [-0.15, -0.1) is 23.5 Å². The number of likely N-dealkylation sites (tertiary alicyclic amines) is 1. The number of rotatable bonds is 29. The van der Waals surface area contributed by atoms with Crippen molar-refractivity contribution >= 4 is 70.5 Å². The predicted molar refractivity (Wildman–Crippen MR) is 271 cm³/mol. The molecule has 2 heterocycles. The van der Waals surface area contributed by atoms with Crippen molar-refractivity contribution in [2.75, 3.05) is 39.9 Å². The van der Waals surface area contributed by atoms with E-state index in [2.05, 4.69) is 5.32 Å². The number of aliphatic carboxylic acids is 1. The number of carboxylic acids is 1. The highest BCUT2D eigenvalue weighted by Crippen LogP contribution is 2.33. The number of hydrogen-bond acceptors (Lipinski definition) is 12. The summed E-state index contributed by atoms with van der Waals surface area (Å²) in [5, 5.41) is 15.2. The molecule has 4 unspecified atom stereocenters. The highest BCUT2D eigenvalue weighted by atomic mass is 32.2. The highest BCUT2D eigenvalue weighted by Gasteiger charge is 2.44. The Labute approximate surface area is 419 Å². The van der Waals surface area contributed by atoms with Crippen molar-refractivity contribution in [2.45, 2.75) is 150 Å². The number of carbonyl (C=O) groups excluding carboxylic acids is 7. The fourth-order valence-electron chi connectivity index (χ4n) is 9.92. The van der Waals surface area contributed by atoms with E-state index in [4.69, 9.17) is 9.47 Å². The highest BCUT2D eigenvalue weighted by molar-refractivity contribution is 8.22. The van der Waals surface area contributed by atoms with E-state index in [1.54, 1.807) is 50.1 Å². The van der Waals surface area contributed by atoms with Crippen LogP contribution in [-0.4, -0.2) is 143 Å². The first kappa shape index (κ1) is 59.2. The summed E-state index contributed by atoms with van der Waals surface area (Å²) in [5.41, 5.74) is 0.824. The number of carboxylic acid groups (broad SMARTS) is 1. The molecule has 11 atom stereocenters. The van der Waals surface area contributed by atoms with Crippen LogP contribution in [0.3, 0.4) is 0 Å². The van der Waals surface area contributed by atoms with Crippen molar-refractivity contribution in [2.24, 2.45) is 41.4 Å². The van der Waals surface area contributed by atoms with Gasteiger partial charge in [0.05, 0.1) is 53.6 Å². The molecule has 1 aromatic rings. The Morgan fingerprint density at radius 1 is 0.812 bits per heavy atom. The third-order valence-corrected chi connectivity index (χ3v) is 16.4. The zero-order chi connectivity index (χ0) is 51.9. The molecule has 1 aromatic carbocycles. The number of Topliss-reactive ketones (excluding diaryl/α,β-unsaturated/α-hetero) is 3. The molecule has 0 radical (unpaired) electrons. The summed E-state index contributed by atoms with van der Waals surface area (Å²) in [6.07, 6.45) is 0.234. The molecule has 3 rings (SSSR count). The van der Waals surface area contributed by atoms with Crippen LogP contribution in [0.4, 0.5) is 0 Å². The van der Waals surface area contributed by atoms with E-state index in [-0.39, 0.29) is 84.9 Å². The average molecular weight is 1000 g/mol. The van der Waals surface area contributed by atoms with Gasteiger partial charge in [-0.05, 0) is 54.9 Å². The molecule has 1 fully saturated rings. The fourth-order valence-corrected chi connectivity index (χ4v) is 11.9. The molecular formula is C52H80N4O11S2. The summed E-state index contributed by atoms with van der Waals surface area (Å²) in [4.78, 5) is 114. The zero-order valence-corrected chi connectivity index (χ0v) is 44.9. The lowest BCUT2D eigenvalue weighted by atomic mass is 9.83. The van der Waals surface area contributed by atoms with Crippen LogP contribution in [-0.2, 0) is 54.3 Å². The van der Waals surface area contributed by atoms with Crippen LogP contribution in [0.15, 0.2) is 40.6 Å². The Bertz CT molecular complexity index is 1960. The summed E-state index contributed by atoms with van der Waals surface area (Å²) in [5.74, 6) is -6.95. The summed E-state index contributed by atoms with van der Waals surface area (Å²) >= 11 is 2.91. The Balaban J connectivity index is 1.75. The number of likely N-dealkylation sites (N-methyl/N-ethyl adjacent to an activating group) is 2. The van der Waals surface area contributed by atoms with Crippen LogP contribution < -0.4 is 5.32 Å². The SMILES string of the molecule is CCC(C)[C@@H](C(CC(=O)N1CCC[C@H]1[C@H](OC)[C@@H](C)C(=O)C[C@@H](Cc1ccccc1)C(=O)O)OC)N(C)C(=O)[C@@H](CC(=O)[C@H](C(C)C)N(C)C(=O)C(C)CC(=O)C(C)NC(=O)C1=CSCS1)C(C)C. The molecule has 0 aromatic heterocycles. The van der Waals surface area contributed by atoms with Crippen molar-refractivity contribution in [1.29, 1.82) is 0 Å². The molecule has 2 aliphatic heterocycles. The van der Waals surface area contributed by atoms with Crippen molar-refractivity contribution in [1.82, 2.24) is 20.0 Å². The minimum Gasteiger partial charge on any atom is -0.481 e. The summed E-state index contributed by atoms with van der Waals surface area (Å²) in [6.45, 7) is 16.8. The third-order valence-electron chi connectivity index (χ3n) is 14.2. The Morgan fingerprint density at radius 3 is 2.00 bits per heavy atom. The largest absolute Gasteiger partial charge is 0.481 e. The summed E-state index contributed by atoms with van der Waals surface area (Å²) < 4.78 is 12.0. The molecule has 0 aliphatic carbocycles. The topological polar surface area (TPSA) is 197 Å². The van der Waals surface area contributed by atoms with Gasteiger partial charge >= 0.3 is 5.97 Å². The number of hydrogen-bond donors (Lipinski definition) is 2. The first-order valence-electron chi connectivity index (χ1n) is 24.5. The van der Waals surface area contributed by atoms with Gasteiger partial charge in [0.2, 0.25) is 17.7 Å². The smallest absolute Gasteiger partial charge is 0.307 e. The van der Waals surface area contributed by atoms with Gasteiger partial charge in [-0.2, -0.15) is 0 Å². The maximum atomic E-state index is 14.7. The molecule has 0 spiro atoms. The van der Waals surface area contributed by atoms with Crippen molar-refractivity contribution in [3.8, 4) is 0 Å². The normalized spacial score (nSPS) is 19.3. The molecule has 0 bridgehead atoms. The molecule has 0 saturated carbocycles. The van der Waals surface area contributed by atoms with Crippen molar-refractivity contribution < 1.29 is 52.9 Å². The average Bonchev–Trinajstić information content (AvgIpc) is 4.04. The van der Waals surface area contributed by atoms with E-state index in [0.29, 0.717) is 30.7 Å². The second kappa shape index (κ2) is 28.1. The Kier molecular flexibility index (Phi) is 24.1. The van der Waals surface area contributed by atoms with Gasteiger partial charge in [0.25, 0.3) is 5.91 Å². The monoisotopic (exact) mass is 1000 g/mol. The van der Waals surface area contributed by atoms with Gasteiger partial charge in [0.15, 0.2) is 11.6 Å². The van der Waals surface area contributed by atoms with E-state index in [1.165, 1.54) is 42.6 Å². The van der Waals surface area contributed by atoms with Gasteiger partial charge in [-0.3, -0.25) is 38.4 Å². The lowest BCUT2D eigenvalue weighted by Gasteiger charge is -2.41. The summed E-state index contributed by atoms with van der Waals surface area (Å²) in [6, 6.07) is 6.51. The first-order valence-corrected chi connectivity index (χ1v) is 26.5. The van der Waals surface area contributed by atoms with E-state index in [0.717, 1.165) is 10.6 Å². The fraction of sp³-hybridized carbons (Fsp3) is 0.692. The second-order valence-electron chi connectivity index (χ2n) is 19.8. The van der Waals surface area contributed by atoms with Gasteiger partial charge < -0.3 is 34.6 Å². The number of ether oxygens (including phenoxy) is 2. The van der Waals surface area contributed by atoms with Gasteiger partial charge in [0.1, 0.15) is 5.78 Å². The van der Waals surface area contributed by atoms with E-state index in [1.807, 2.05) is 71.9 Å². The van der Waals surface area contributed by atoms with Crippen molar-refractivity contribution in [3.63, 3.8) is 0 Å². The summed E-state index contributed by atoms with van der Waals surface area (Å²) in [7, 11) is 6.26. The van der Waals surface area contributed by atoms with Crippen LogP contribution >= 0.6 is 23.5 Å². The van der Waals surface area contributed by atoms with E-state index >= 15 is 0 Å². The molecule has 2 N–H and O–H groups in total. The zero-order valence-electron chi connectivity index (χ0n) is 43.2. The maximum Gasteiger partial charge on any atom is 0.307 e. The molecule has 2 aliphatic rings. The lowest BCUT2D eigenvalue weighted by molar-refractivity contribution is -0.150. The number of methoxy groups -OCH3 is 2. The van der Waals surface area contributed by atoms with Crippen LogP contribution in [0.5, 0.6) is 0 Å². The number of amides is 4. The Morgan fingerprint density at radius 2 is 1.46 bits per heavy atom. The van der Waals surface area contributed by atoms with E-state index in [9.17, 15) is 43.5 Å². The standard InChI is InChI=1S/C52H80N4O11S2/c1-14-32(6)47(43(66-12)27-45(60)56-22-18-21-39(56)48(67-13)34(8)40(57)25-37(52(64)65)24-36-19-16-15-17-20-36)55(11)51(63)38(30(2)3)26-42(59)46(31(4)5)54(10)50(62)33(7)23-41(58)35(9)53-49(61)44-28-68-29-69-44/h15-17,19-20,28,30-35,37-39,43,46-48H,14,18,21-27,29H2,1-13H3,(H,53,61)(H,64,65)/t32?,33?,34-,35?,37+,38-,39-,43?,46-,47-,48+/m0/s1. The minimum atomic E-state index is -1.05. The molecular weight excluding hydrogens is 921 g/mol. The number of benzene rings is 1. The van der Waals surface area contributed by atoms with Crippen LogP contribution in [0, 0.1) is 41.4 Å². The van der Waals surface area contributed by atoms with Gasteiger partial charge in [0, 0.05) is 77.0 Å². The predicted octanol–water partition coefficient (Wildman–Crippen LogP) is 6.90. The van der Waals surface area contributed by atoms with Crippen LogP contribution in [0.25, 0.3) is 0 Å². The number of nitrogens with one attached hydrogen (secondary N) is 1. The number of nitrogens with zero attached hydrogens (tertiary/aromatic N) is 3. The van der Waals surface area contributed by atoms with Crippen LogP contribution in [0.1, 0.15) is 113 Å². The molecule has 386 valence electrons. The molecule has 4 amide bonds. The van der Waals surface area contributed by atoms with Crippen molar-refractivity contribution in [3.05, 3.63) is 46.2 Å². The number of thioether (sulfide) groups is 2. The van der Waals surface area contributed by atoms with E-state index < -0.39 is 71.9 Å².